The number of carbonyl (C=O) groups excluding carboxylic acids is 1. The van der Waals surface area contributed by atoms with Crippen LogP contribution < -0.4 is 0 Å². The number of rotatable bonds is 2. The monoisotopic (exact) mass is 388 g/mol. The number of ether oxygens (including phenoxy) is 1. The van der Waals surface area contributed by atoms with Crippen LogP contribution in [-0.2, 0) is 10.1 Å². The number of hydrogen-bond donors (Lipinski definition) is 0. The van der Waals surface area contributed by atoms with Gasteiger partial charge in [-0.1, -0.05) is 27.5 Å². The molecule has 0 aromatic heterocycles. The van der Waals surface area contributed by atoms with Crippen molar-refractivity contribution in [3.05, 3.63) is 31.9 Å². The molecular weight excluding hydrogens is 382 g/mol. The molecule has 0 saturated carbocycles. The maximum Gasteiger partial charge on any atom is 0.338 e. The van der Waals surface area contributed by atoms with Crippen molar-refractivity contribution in [3.8, 4) is 0 Å². The zero-order chi connectivity index (χ0) is 10.7. The lowest BCUT2D eigenvalue weighted by molar-refractivity contribution is 0.0599. The standard InChI is InChI=1S/C9H7BrClIO2/c1-14-9(13)6-2-5(11)3-8(12)7(6)4-10/h2-3H,4H2,1H3. The van der Waals surface area contributed by atoms with Gasteiger partial charge in [0.1, 0.15) is 0 Å². The van der Waals surface area contributed by atoms with Gasteiger partial charge in [-0.25, -0.2) is 4.79 Å². The summed E-state index contributed by atoms with van der Waals surface area (Å²) in [6.45, 7) is 0. The van der Waals surface area contributed by atoms with E-state index in [4.69, 9.17) is 11.6 Å². The highest BCUT2D eigenvalue weighted by atomic mass is 127. The van der Waals surface area contributed by atoms with E-state index in [0.29, 0.717) is 15.9 Å². The van der Waals surface area contributed by atoms with Crippen LogP contribution in [0.25, 0.3) is 0 Å². The predicted octanol–water partition coefficient (Wildman–Crippen LogP) is 3.63. The van der Waals surface area contributed by atoms with Gasteiger partial charge in [0.25, 0.3) is 0 Å². The van der Waals surface area contributed by atoms with E-state index >= 15 is 0 Å². The molecule has 0 heterocycles. The summed E-state index contributed by atoms with van der Waals surface area (Å²) < 4.78 is 5.62. The maximum atomic E-state index is 11.4. The molecule has 0 aliphatic rings. The summed E-state index contributed by atoms with van der Waals surface area (Å²) in [5.41, 5.74) is 1.42. The zero-order valence-electron chi connectivity index (χ0n) is 7.31. The fraction of sp³-hybridized carbons (Fsp3) is 0.222. The largest absolute Gasteiger partial charge is 0.465 e. The normalized spacial score (nSPS) is 10.0. The van der Waals surface area contributed by atoms with E-state index in [-0.39, 0.29) is 5.97 Å². The quantitative estimate of drug-likeness (QED) is 0.439. The average molecular weight is 389 g/mol. The molecule has 0 atom stereocenters. The third-order valence-electron chi connectivity index (χ3n) is 1.70. The van der Waals surface area contributed by atoms with Crippen LogP contribution in [0.1, 0.15) is 15.9 Å². The zero-order valence-corrected chi connectivity index (χ0v) is 11.8. The number of halogens is 3. The summed E-state index contributed by atoms with van der Waals surface area (Å²) in [6.07, 6.45) is 0. The molecule has 1 rings (SSSR count). The summed E-state index contributed by atoms with van der Waals surface area (Å²) in [4.78, 5) is 11.4. The molecule has 0 spiro atoms. The fourth-order valence-corrected chi connectivity index (χ4v) is 3.38. The molecule has 2 nitrogen and oxygen atoms in total. The topological polar surface area (TPSA) is 26.3 Å². The highest BCUT2D eigenvalue weighted by Crippen LogP contribution is 2.25. The average Bonchev–Trinajstić information content (AvgIpc) is 2.15. The Bertz CT molecular complexity index is 368. The number of carbonyl (C=O) groups is 1. The van der Waals surface area contributed by atoms with Crippen molar-refractivity contribution in [2.24, 2.45) is 0 Å². The summed E-state index contributed by atoms with van der Waals surface area (Å²) in [5, 5.41) is 1.15. The Balaban J connectivity index is 3.32. The van der Waals surface area contributed by atoms with Gasteiger partial charge in [0.2, 0.25) is 0 Å². The van der Waals surface area contributed by atoms with Crippen molar-refractivity contribution in [3.63, 3.8) is 0 Å². The molecule has 0 unspecified atom stereocenters. The SMILES string of the molecule is COC(=O)c1cc(Cl)cc(I)c1CBr. The van der Waals surface area contributed by atoms with Crippen molar-refractivity contribution in [2.45, 2.75) is 5.33 Å². The molecule has 0 aliphatic carbocycles. The molecule has 1 aromatic rings. The van der Waals surface area contributed by atoms with Crippen molar-refractivity contribution >= 4 is 56.1 Å². The fourth-order valence-electron chi connectivity index (χ4n) is 1.03. The van der Waals surface area contributed by atoms with Crippen molar-refractivity contribution in [2.75, 3.05) is 7.11 Å². The van der Waals surface area contributed by atoms with Crippen LogP contribution in [0.5, 0.6) is 0 Å². The number of hydrogen-bond acceptors (Lipinski definition) is 2. The number of alkyl halides is 1. The smallest absolute Gasteiger partial charge is 0.338 e. The Morgan fingerprint density at radius 2 is 2.29 bits per heavy atom. The van der Waals surface area contributed by atoms with E-state index in [9.17, 15) is 4.79 Å². The second kappa shape index (κ2) is 5.32. The summed E-state index contributed by atoms with van der Waals surface area (Å²) in [6, 6.07) is 3.43. The van der Waals surface area contributed by atoms with E-state index in [0.717, 1.165) is 9.13 Å². The van der Waals surface area contributed by atoms with E-state index in [1.165, 1.54) is 7.11 Å². The first-order chi connectivity index (χ1) is 6.60. The first-order valence-corrected chi connectivity index (χ1v) is 6.30. The second-order valence-corrected chi connectivity index (χ2v) is 4.70. The Morgan fingerprint density at radius 1 is 1.64 bits per heavy atom. The van der Waals surface area contributed by atoms with E-state index in [2.05, 4.69) is 43.3 Å². The molecule has 0 saturated heterocycles. The molecular formula is C9H7BrClIO2. The number of methoxy groups -OCH3 is 1. The van der Waals surface area contributed by atoms with Crippen LogP contribution in [0.4, 0.5) is 0 Å². The van der Waals surface area contributed by atoms with E-state index in [1.807, 2.05) is 6.07 Å². The highest BCUT2D eigenvalue weighted by molar-refractivity contribution is 14.1. The minimum Gasteiger partial charge on any atom is -0.465 e. The van der Waals surface area contributed by atoms with Gasteiger partial charge >= 0.3 is 5.97 Å². The van der Waals surface area contributed by atoms with Gasteiger partial charge in [-0.15, -0.1) is 0 Å². The molecule has 0 aliphatic heterocycles. The highest BCUT2D eigenvalue weighted by Gasteiger charge is 2.14. The summed E-state index contributed by atoms with van der Waals surface area (Å²) in [5.74, 6) is -0.361. The Kier molecular flexibility index (Phi) is 4.66. The second-order valence-electron chi connectivity index (χ2n) is 2.54. The van der Waals surface area contributed by atoms with E-state index in [1.54, 1.807) is 6.07 Å². The summed E-state index contributed by atoms with van der Waals surface area (Å²) >= 11 is 11.3. The molecule has 0 amide bonds. The lowest BCUT2D eigenvalue weighted by Crippen LogP contribution is -2.06. The molecule has 0 N–H and O–H groups in total. The van der Waals surface area contributed by atoms with Gasteiger partial charge in [-0.05, 0) is 40.3 Å². The van der Waals surface area contributed by atoms with Crippen molar-refractivity contribution in [1.82, 2.24) is 0 Å². The van der Waals surface area contributed by atoms with Crippen LogP contribution in [0.3, 0.4) is 0 Å². The molecule has 14 heavy (non-hydrogen) atoms. The van der Waals surface area contributed by atoms with Crippen LogP contribution in [-0.4, -0.2) is 13.1 Å². The molecule has 5 heteroatoms. The third-order valence-corrected chi connectivity index (χ3v) is 3.44. The molecule has 0 bridgehead atoms. The number of esters is 1. The minimum atomic E-state index is -0.361. The van der Waals surface area contributed by atoms with Crippen molar-refractivity contribution in [1.29, 1.82) is 0 Å². The van der Waals surface area contributed by atoms with E-state index < -0.39 is 0 Å². The first kappa shape index (κ1) is 12.3. The Hall–Kier alpha value is 0.190. The third kappa shape index (κ3) is 2.61. The number of benzene rings is 1. The molecule has 1 aromatic carbocycles. The van der Waals surface area contributed by atoms with Crippen LogP contribution >= 0.6 is 50.1 Å². The van der Waals surface area contributed by atoms with Gasteiger partial charge in [0.15, 0.2) is 0 Å². The maximum absolute atomic E-state index is 11.4. The lowest BCUT2D eigenvalue weighted by atomic mass is 10.1. The molecule has 0 fully saturated rings. The first-order valence-electron chi connectivity index (χ1n) is 3.72. The van der Waals surface area contributed by atoms with Crippen LogP contribution in [0.15, 0.2) is 12.1 Å². The Labute approximate surface area is 109 Å². The lowest BCUT2D eigenvalue weighted by Gasteiger charge is -2.08. The van der Waals surface area contributed by atoms with Crippen molar-refractivity contribution < 1.29 is 9.53 Å². The van der Waals surface area contributed by atoms with Gasteiger partial charge in [0, 0.05) is 13.9 Å². The van der Waals surface area contributed by atoms with Gasteiger partial charge in [0.05, 0.1) is 12.7 Å². The van der Waals surface area contributed by atoms with Crippen LogP contribution in [0, 0.1) is 3.57 Å². The van der Waals surface area contributed by atoms with Crippen LogP contribution in [0.2, 0.25) is 5.02 Å². The van der Waals surface area contributed by atoms with Gasteiger partial charge in [-0.2, -0.15) is 0 Å². The molecule has 0 radical (unpaired) electrons. The van der Waals surface area contributed by atoms with Gasteiger partial charge < -0.3 is 4.74 Å². The Morgan fingerprint density at radius 3 is 2.79 bits per heavy atom. The van der Waals surface area contributed by atoms with Gasteiger partial charge in [-0.3, -0.25) is 0 Å². The molecule has 76 valence electrons. The predicted molar refractivity (Wildman–Crippen MR) is 68.1 cm³/mol. The summed E-state index contributed by atoms with van der Waals surface area (Å²) in [7, 11) is 1.36. The minimum absolute atomic E-state index is 0.361.